The summed E-state index contributed by atoms with van der Waals surface area (Å²) >= 11 is 3.70. The molecule has 0 radical (unpaired) electrons. The Morgan fingerprint density at radius 2 is 2.07 bits per heavy atom. The van der Waals surface area contributed by atoms with Gasteiger partial charge in [-0.1, -0.05) is 22.0 Å². The number of likely N-dealkylation sites (tertiary alicyclic amines) is 1. The molecule has 0 N–H and O–H groups in total. The lowest BCUT2D eigenvalue weighted by Crippen LogP contribution is -2.65. The lowest BCUT2D eigenvalue weighted by Gasteiger charge is -2.56. The Morgan fingerprint density at radius 3 is 2.79 bits per heavy atom. The van der Waals surface area contributed by atoms with Gasteiger partial charge in [-0.25, -0.2) is 0 Å². The molecule has 7 heteroatoms. The van der Waals surface area contributed by atoms with Crippen LogP contribution in [0.1, 0.15) is 31.4 Å². The number of carbonyl (C=O) groups is 2. The summed E-state index contributed by atoms with van der Waals surface area (Å²) in [6, 6.07) is 2.18. The highest BCUT2D eigenvalue weighted by Gasteiger charge is 2.65. The number of hydrogen-bond acceptors (Lipinski definition) is 6. The Hall–Kier alpha value is -1.86. The summed E-state index contributed by atoms with van der Waals surface area (Å²) in [6.45, 7) is 3.75. The molecule has 4 aliphatic rings. The van der Waals surface area contributed by atoms with Gasteiger partial charge in [-0.3, -0.25) is 9.59 Å². The van der Waals surface area contributed by atoms with Crippen LogP contribution in [0.15, 0.2) is 22.7 Å². The molecule has 2 bridgehead atoms. The van der Waals surface area contributed by atoms with Crippen LogP contribution in [0.5, 0.6) is 11.5 Å². The summed E-state index contributed by atoms with van der Waals surface area (Å²) in [5.41, 5.74) is 2.05. The predicted octanol–water partition coefficient (Wildman–Crippen LogP) is 2.75. The first kappa shape index (κ1) is 18.2. The van der Waals surface area contributed by atoms with E-state index < -0.39 is 6.10 Å². The van der Waals surface area contributed by atoms with E-state index in [1.165, 1.54) is 19.4 Å². The first-order chi connectivity index (χ1) is 13.3. The molecule has 2 aliphatic heterocycles. The van der Waals surface area contributed by atoms with E-state index in [0.717, 1.165) is 29.4 Å². The smallest absolute Gasteiger partial charge is 0.308 e. The standard InChI is InChI=1S/C21H22BrNO5/c1-10(24)26-16-5-4-13-15-8-12-14(22)9-17(27-11(2)25)19-18(12)21(13,20(16)28-19)6-7-23(15)3/h4-5,9,13,15-16,20H,6-8H2,1-3H3/t13-,15+,16-,20-,21-/m0/s1. The molecule has 0 aromatic heterocycles. The van der Waals surface area contributed by atoms with Crippen LogP contribution in [0.3, 0.4) is 0 Å². The summed E-state index contributed by atoms with van der Waals surface area (Å²) in [5.74, 6) is 0.608. The van der Waals surface area contributed by atoms with Crippen LogP contribution in [-0.4, -0.2) is 48.7 Å². The van der Waals surface area contributed by atoms with E-state index in [1.54, 1.807) is 0 Å². The Labute approximate surface area is 171 Å². The molecule has 0 saturated carbocycles. The molecule has 1 fully saturated rings. The van der Waals surface area contributed by atoms with Crippen molar-refractivity contribution in [1.29, 1.82) is 0 Å². The van der Waals surface area contributed by atoms with Crippen molar-refractivity contribution in [3.05, 3.63) is 33.8 Å². The van der Waals surface area contributed by atoms with Gasteiger partial charge in [0.15, 0.2) is 17.6 Å². The fourth-order valence-corrected chi connectivity index (χ4v) is 6.34. The summed E-state index contributed by atoms with van der Waals surface area (Å²) < 4.78 is 18.5. The van der Waals surface area contributed by atoms with Gasteiger partial charge in [-0.15, -0.1) is 0 Å². The highest BCUT2D eigenvalue weighted by atomic mass is 79.9. The SMILES string of the molecule is CC(=O)Oc1cc(Br)c2c3c1O[C@H]1[C@@H](OC(C)=O)C=C[C@H]4[C@@H](C2)N(C)CC[C@@]341. The average Bonchev–Trinajstić information content (AvgIpc) is 2.96. The lowest BCUT2D eigenvalue weighted by atomic mass is 9.53. The number of ether oxygens (including phenoxy) is 3. The van der Waals surface area contributed by atoms with Crippen molar-refractivity contribution in [2.45, 2.75) is 50.4 Å². The van der Waals surface area contributed by atoms with Crippen molar-refractivity contribution in [3.63, 3.8) is 0 Å². The first-order valence-corrected chi connectivity index (χ1v) is 10.4. The zero-order valence-electron chi connectivity index (χ0n) is 16.0. The Balaban J connectivity index is 1.75. The number of hydrogen-bond donors (Lipinski definition) is 0. The third-order valence-corrected chi connectivity index (χ3v) is 7.45. The van der Waals surface area contributed by atoms with Gasteiger partial charge in [0.05, 0.1) is 0 Å². The molecule has 0 amide bonds. The van der Waals surface area contributed by atoms with Crippen LogP contribution in [-0.2, 0) is 26.2 Å². The van der Waals surface area contributed by atoms with E-state index in [1.807, 2.05) is 12.1 Å². The minimum Gasteiger partial charge on any atom is -0.481 e. The van der Waals surface area contributed by atoms with Crippen molar-refractivity contribution in [1.82, 2.24) is 4.90 Å². The molecule has 6 nitrogen and oxygen atoms in total. The lowest BCUT2D eigenvalue weighted by molar-refractivity contribution is -0.152. The van der Waals surface area contributed by atoms with E-state index in [9.17, 15) is 9.59 Å². The number of nitrogens with zero attached hydrogens (tertiary/aromatic N) is 1. The molecule has 1 aromatic rings. The second-order valence-corrected chi connectivity index (χ2v) is 9.05. The van der Waals surface area contributed by atoms with Gasteiger partial charge >= 0.3 is 11.9 Å². The fraction of sp³-hybridized carbons (Fsp3) is 0.524. The van der Waals surface area contributed by atoms with E-state index in [2.05, 4.69) is 34.0 Å². The molecule has 1 spiro atoms. The molecule has 5 rings (SSSR count). The fourth-order valence-electron chi connectivity index (χ4n) is 5.77. The van der Waals surface area contributed by atoms with Crippen molar-refractivity contribution in [2.24, 2.45) is 5.92 Å². The Morgan fingerprint density at radius 1 is 1.29 bits per heavy atom. The number of benzene rings is 1. The van der Waals surface area contributed by atoms with E-state index in [4.69, 9.17) is 14.2 Å². The van der Waals surface area contributed by atoms with Crippen LogP contribution in [0.4, 0.5) is 0 Å². The van der Waals surface area contributed by atoms with Gasteiger partial charge in [0.1, 0.15) is 6.10 Å². The second-order valence-electron chi connectivity index (χ2n) is 8.20. The third-order valence-electron chi connectivity index (χ3n) is 6.75. The zero-order valence-corrected chi connectivity index (χ0v) is 17.6. The summed E-state index contributed by atoms with van der Waals surface area (Å²) in [4.78, 5) is 25.8. The average molecular weight is 448 g/mol. The van der Waals surface area contributed by atoms with Gasteiger partial charge < -0.3 is 19.1 Å². The quantitative estimate of drug-likeness (QED) is 0.394. The summed E-state index contributed by atoms with van der Waals surface area (Å²) in [7, 11) is 2.17. The second kappa shape index (κ2) is 6.07. The van der Waals surface area contributed by atoms with Gasteiger partial charge in [-0.2, -0.15) is 0 Å². The minimum absolute atomic E-state index is 0.260. The molecule has 148 valence electrons. The van der Waals surface area contributed by atoms with Crippen LogP contribution >= 0.6 is 15.9 Å². The number of carbonyl (C=O) groups excluding carboxylic acids is 2. The van der Waals surface area contributed by atoms with E-state index >= 15 is 0 Å². The maximum absolute atomic E-state index is 11.7. The Kier molecular flexibility index (Phi) is 3.94. The van der Waals surface area contributed by atoms with Gasteiger partial charge in [0.25, 0.3) is 0 Å². The molecule has 1 saturated heterocycles. The van der Waals surface area contributed by atoms with Crippen molar-refractivity contribution < 1.29 is 23.8 Å². The number of halogens is 1. The van der Waals surface area contributed by atoms with Gasteiger partial charge in [0, 0.05) is 41.3 Å². The van der Waals surface area contributed by atoms with Crippen molar-refractivity contribution in [2.75, 3.05) is 13.6 Å². The predicted molar refractivity (Wildman–Crippen MR) is 104 cm³/mol. The number of piperidine rings is 1. The maximum atomic E-state index is 11.7. The van der Waals surface area contributed by atoms with E-state index in [-0.39, 0.29) is 29.4 Å². The molecule has 0 unspecified atom stereocenters. The summed E-state index contributed by atoms with van der Waals surface area (Å²) in [6.07, 6.45) is 5.19. The topological polar surface area (TPSA) is 65.1 Å². The third kappa shape index (κ3) is 2.29. The molecule has 2 aliphatic carbocycles. The van der Waals surface area contributed by atoms with Crippen molar-refractivity contribution in [3.8, 4) is 11.5 Å². The minimum atomic E-state index is -0.458. The molecule has 5 atom stereocenters. The van der Waals surface area contributed by atoms with Crippen LogP contribution in [0.25, 0.3) is 0 Å². The number of esters is 2. The first-order valence-electron chi connectivity index (χ1n) is 9.59. The maximum Gasteiger partial charge on any atom is 0.308 e. The van der Waals surface area contributed by atoms with Crippen molar-refractivity contribution >= 4 is 27.9 Å². The molecule has 2 heterocycles. The molecular weight excluding hydrogens is 426 g/mol. The highest BCUT2D eigenvalue weighted by Crippen LogP contribution is 2.63. The van der Waals surface area contributed by atoms with Crippen LogP contribution in [0, 0.1) is 5.92 Å². The molecular formula is C21H22BrNO5. The number of likely N-dealkylation sites (N-methyl/N-ethyl adjacent to an activating group) is 1. The normalized spacial score (nSPS) is 34.4. The summed E-state index contributed by atoms with van der Waals surface area (Å²) in [5, 5.41) is 0. The molecule has 1 aromatic carbocycles. The van der Waals surface area contributed by atoms with Gasteiger partial charge in [0.2, 0.25) is 0 Å². The van der Waals surface area contributed by atoms with Crippen LogP contribution in [0.2, 0.25) is 0 Å². The monoisotopic (exact) mass is 447 g/mol. The highest BCUT2D eigenvalue weighted by molar-refractivity contribution is 9.10. The zero-order chi connectivity index (χ0) is 19.8. The van der Waals surface area contributed by atoms with E-state index in [0.29, 0.717) is 17.5 Å². The Bertz CT molecular complexity index is 928. The van der Waals surface area contributed by atoms with Crippen LogP contribution < -0.4 is 9.47 Å². The number of rotatable bonds is 2. The largest absolute Gasteiger partial charge is 0.481 e. The molecule has 28 heavy (non-hydrogen) atoms. The van der Waals surface area contributed by atoms with Gasteiger partial charge in [-0.05, 0) is 44.1 Å².